The zero-order valence-electron chi connectivity index (χ0n) is 12.2. The number of nitrogens with one attached hydrogen (secondary N) is 1. The number of carbonyl (C=O) groups is 1. The molecule has 3 unspecified atom stereocenters. The summed E-state index contributed by atoms with van der Waals surface area (Å²) in [6.07, 6.45) is 3.03. The van der Waals surface area contributed by atoms with Gasteiger partial charge in [-0.2, -0.15) is 0 Å². The first-order chi connectivity index (χ1) is 8.47. The van der Waals surface area contributed by atoms with Crippen LogP contribution in [0.4, 0.5) is 0 Å². The highest BCUT2D eigenvalue weighted by molar-refractivity contribution is 5.79. The molecule has 4 nitrogen and oxygen atoms in total. The maximum Gasteiger partial charge on any atom is 0.224 e. The second-order valence-corrected chi connectivity index (χ2v) is 5.78. The predicted octanol–water partition coefficient (Wildman–Crippen LogP) is 1.68. The molecule has 3 N–H and O–H groups in total. The first kappa shape index (κ1) is 15.4. The lowest BCUT2D eigenvalue weighted by molar-refractivity contribution is -0.139. The smallest absolute Gasteiger partial charge is 0.224 e. The normalized spacial score (nSPS) is 27.4. The molecule has 0 radical (unpaired) electrons. The molecule has 4 heteroatoms. The van der Waals surface area contributed by atoms with E-state index in [0.717, 1.165) is 25.9 Å². The molecular formula is C14H28N2O2. The van der Waals surface area contributed by atoms with E-state index in [0.29, 0.717) is 6.54 Å². The highest BCUT2D eigenvalue weighted by Gasteiger charge is 2.49. The molecule has 0 aliphatic heterocycles. The van der Waals surface area contributed by atoms with Gasteiger partial charge in [-0.05, 0) is 19.8 Å². The minimum absolute atomic E-state index is 0.0248. The van der Waals surface area contributed by atoms with Crippen molar-refractivity contribution in [2.75, 3.05) is 13.2 Å². The average molecular weight is 256 g/mol. The van der Waals surface area contributed by atoms with E-state index in [9.17, 15) is 4.79 Å². The zero-order valence-corrected chi connectivity index (χ0v) is 12.2. The van der Waals surface area contributed by atoms with Crippen LogP contribution in [-0.2, 0) is 9.53 Å². The second-order valence-electron chi connectivity index (χ2n) is 5.78. The zero-order chi connectivity index (χ0) is 13.8. The quantitative estimate of drug-likeness (QED) is 0.728. The van der Waals surface area contributed by atoms with E-state index in [2.05, 4.69) is 26.1 Å². The van der Waals surface area contributed by atoms with E-state index in [4.69, 9.17) is 10.5 Å². The Balaban J connectivity index is 2.47. The molecule has 1 fully saturated rings. The monoisotopic (exact) mass is 256 g/mol. The van der Waals surface area contributed by atoms with Crippen LogP contribution in [0.1, 0.15) is 47.0 Å². The Morgan fingerprint density at radius 3 is 2.61 bits per heavy atom. The number of hydrogen-bond donors (Lipinski definition) is 2. The highest BCUT2D eigenvalue weighted by atomic mass is 16.5. The van der Waals surface area contributed by atoms with Gasteiger partial charge in [0.05, 0.1) is 12.0 Å². The fourth-order valence-electron chi connectivity index (χ4n) is 2.61. The van der Waals surface area contributed by atoms with E-state index in [1.54, 1.807) is 0 Å². The van der Waals surface area contributed by atoms with Gasteiger partial charge in [0.1, 0.15) is 0 Å². The van der Waals surface area contributed by atoms with Crippen molar-refractivity contribution < 1.29 is 9.53 Å². The summed E-state index contributed by atoms with van der Waals surface area (Å²) in [6, 6.07) is 0.215. The lowest BCUT2D eigenvalue weighted by Gasteiger charge is -2.51. The van der Waals surface area contributed by atoms with E-state index in [1.807, 2.05) is 6.92 Å². The standard InChI is InChI=1S/C14H28N2O2/c1-5-7-10(9-15)13(17)16-11-8-12(18-6-2)14(11,3)4/h10-12H,5-9,15H2,1-4H3,(H,16,17). The third-order valence-electron chi connectivity index (χ3n) is 4.15. The molecule has 0 aromatic carbocycles. The van der Waals surface area contributed by atoms with Crippen molar-refractivity contribution in [1.29, 1.82) is 0 Å². The Morgan fingerprint density at radius 1 is 1.50 bits per heavy atom. The molecule has 0 heterocycles. The fourth-order valence-corrected chi connectivity index (χ4v) is 2.61. The van der Waals surface area contributed by atoms with Gasteiger partial charge in [0.25, 0.3) is 0 Å². The molecule has 106 valence electrons. The number of rotatable bonds is 7. The summed E-state index contributed by atoms with van der Waals surface area (Å²) < 4.78 is 5.66. The number of carbonyl (C=O) groups excluding carboxylic acids is 1. The van der Waals surface area contributed by atoms with Crippen molar-refractivity contribution in [3.8, 4) is 0 Å². The van der Waals surface area contributed by atoms with Gasteiger partial charge >= 0.3 is 0 Å². The molecule has 0 aromatic rings. The first-order valence-corrected chi connectivity index (χ1v) is 7.09. The highest BCUT2D eigenvalue weighted by Crippen LogP contribution is 2.42. The summed E-state index contributed by atoms with van der Waals surface area (Å²) in [5.41, 5.74) is 5.68. The Morgan fingerprint density at radius 2 is 2.17 bits per heavy atom. The van der Waals surface area contributed by atoms with Crippen LogP contribution in [0.2, 0.25) is 0 Å². The number of hydrogen-bond acceptors (Lipinski definition) is 3. The second kappa shape index (κ2) is 6.53. The topological polar surface area (TPSA) is 64.4 Å². The predicted molar refractivity (Wildman–Crippen MR) is 73.2 cm³/mol. The molecule has 0 bridgehead atoms. The van der Waals surface area contributed by atoms with Crippen LogP contribution < -0.4 is 11.1 Å². The molecule has 1 saturated carbocycles. The van der Waals surface area contributed by atoms with E-state index < -0.39 is 0 Å². The summed E-state index contributed by atoms with van der Waals surface area (Å²) in [6.45, 7) is 9.55. The van der Waals surface area contributed by atoms with Crippen LogP contribution in [0, 0.1) is 11.3 Å². The lowest BCUT2D eigenvalue weighted by atomic mass is 9.64. The summed E-state index contributed by atoms with van der Waals surface area (Å²) in [4.78, 5) is 12.1. The molecule has 1 amide bonds. The van der Waals surface area contributed by atoms with Gasteiger partial charge in [-0.1, -0.05) is 27.2 Å². The van der Waals surface area contributed by atoms with E-state index in [-0.39, 0.29) is 29.4 Å². The van der Waals surface area contributed by atoms with Crippen molar-refractivity contribution in [3.05, 3.63) is 0 Å². The Bertz CT molecular complexity index is 279. The minimum atomic E-state index is -0.0445. The molecule has 0 aromatic heterocycles. The van der Waals surface area contributed by atoms with E-state index in [1.165, 1.54) is 0 Å². The molecule has 3 atom stereocenters. The maximum absolute atomic E-state index is 12.1. The number of amides is 1. The lowest BCUT2D eigenvalue weighted by Crippen LogP contribution is -2.62. The molecule has 0 saturated heterocycles. The average Bonchev–Trinajstić information content (AvgIpc) is 2.34. The maximum atomic E-state index is 12.1. The van der Waals surface area contributed by atoms with Crippen molar-refractivity contribution in [2.45, 2.75) is 59.1 Å². The Kier molecular flexibility index (Phi) is 5.60. The molecule has 18 heavy (non-hydrogen) atoms. The summed E-state index contributed by atoms with van der Waals surface area (Å²) >= 11 is 0. The summed E-state index contributed by atoms with van der Waals surface area (Å²) in [5.74, 6) is 0.0596. The van der Waals surface area contributed by atoms with Crippen LogP contribution in [0.25, 0.3) is 0 Å². The van der Waals surface area contributed by atoms with Crippen LogP contribution in [-0.4, -0.2) is 31.2 Å². The van der Waals surface area contributed by atoms with Gasteiger partial charge in [0.15, 0.2) is 0 Å². The Hall–Kier alpha value is -0.610. The van der Waals surface area contributed by atoms with Crippen molar-refractivity contribution in [3.63, 3.8) is 0 Å². The van der Waals surface area contributed by atoms with E-state index >= 15 is 0 Å². The summed E-state index contributed by atoms with van der Waals surface area (Å²) in [7, 11) is 0. The van der Waals surface area contributed by atoms with Gasteiger partial charge in [-0.25, -0.2) is 0 Å². The molecule has 1 aliphatic carbocycles. The Labute approximate surface area is 111 Å². The number of nitrogens with two attached hydrogens (primary N) is 1. The van der Waals surface area contributed by atoms with Crippen molar-refractivity contribution >= 4 is 5.91 Å². The molecule has 0 spiro atoms. The van der Waals surface area contributed by atoms with Gasteiger partial charge in [0, 0.05) is 24.6 Å². The van der Waals surface area contributed by atoms with Crippen LogP contribution in [0.3, 0.4) is 0 Å². The fraction of sp³-hybridized carbons (Fsp3) is 0.929. The SMILES string of the molecule is CCCC(CN)C(=O)NC1CC(OCC)C1(C)C. The largest absolute Gasteiger partial charge is 0.378 e. The van der Waals surface area contributed by atoms with Crippen LogP contribution >= 0.6 is 0 Å². The molecule has 1 aliphatic rings. The molecular weight excluding hydrogens is 228 g/mol. The minimum Gasteiger partial charge on any atom is -0.378 e. The van der Waals surface area contributed by atoms with Gasteiger partial charge in [0.2, 0.25) is 5.91 Å². The third kappa shape index (κ3) is 3.23. The van der Waals surface area contributed by atoms with Crippen molar-refractivity contribution in [1.82, 2.24) is 5.32 Å². The van der Waals surface area contributed by atoms with Crippen molar-refractivity contribution in [2.24, 2.45) is 17.1 Å². The van der Waals surface area contributed by atoms with Crippen LogP contribution in [0.15, 0.2) is 0 Å². The van der Waals surface area contributed by atoms with Gasteiger partial charge in [-0.15, -0.1) is 0 Å². The first-order valence-electron chi connectivity index (χ1n) is 7.09. The van der Waals surface area contributed by atoms with Gasteiger partial charge in [-0.3, -0.25) is 4.79 Å². The number of ether oxygens (including phenoxy) is 1. The van der Waals surface area contributed by atoms with Crippen LogP contribution in [0.5, 0.6) is 0 Å². The third-order valence-corrected chi connectivity index (χ3v) is 4.15. The summed E-state index contributed by atoms with van der Waals surface area (Å²) in [5, 5.41) is 3.13. The molecule has 1 rings (SSSR count). The van der Waals surface area contributed by atoms with Gasteiger partial charge < -0.3 is 15.8 Å².